The van der Waals surface area contributed by atoms with Crippen LogP contribution in [0.2, 0.25) is 0 Å². The van der Waals surface area contributed by atoms with E-state index in [0.29, 0.717) is 18.1 Å². The molecule has 2 heterocycles. The average molecular weight is 316 g/mol. The molecule has 4 aromatic rings. The van der Waals surface area contributed by atoms with Crippen molar-refractivity contribution in [3.8, 4) is 11.9 Å². The maximum absolute atomic E-state index is 9.09. The summed E-state index contributed by atoms with van der Waals surface area (Å²) in [4.78, 5) is 4.63. The zero-order chi connectivity index (χ0) is 15.6. The van der Waals surface area contributed by atoms with Gasteiger partial charge in [-0.05, 0) is 29.1 Å². The molecule has 4 rings (SSSR count). The van der Waals surface area contributed by atoms with E-state index in [1.807, 2.05) is 60.0 Å². The lowest BCUT2D eigenvalue weighted by Gasteiger charge is -2.09. The van der Waals surface area contributed by atoms with E-state index in [0.717, 1.165) is 26.6 Å². The summed E-state index contributed by atoms with van der Waals surface area (Å²) in [6.45, 7) is 0.474. The maximum atomic E-state index is 9.09. The van der Waals surface area contributed by atoms with Crippen molar-refractivity contribution >= 4 is 32.3 Å². The van der Waals surface area contributed by atoms with Gasteiger partial charge in [-0.2, -0.15) is 5.26 Å². The van der Waals surface area contributed by atoms with Crippen molar-refractivity contribution in [2.45, 2.75) is 6.61 Å². The van der Waals surface area contributed by atoms with Crippen molar-refractivity contribution in [2.24, 2.45) is 0 Å². The Hall–Kier alpha value is -2.90. The largest absolute Gasteiger partial charge is 0.472 e. The minimum atomic E-state index is 0.474. The van der Waals surface area contributed by atoms with E-state index >= 15 is 0 Å². The van der Waals surface area contributed by atoms with Gasteiger partial charge in [0.1, 0.15) is 6.61 Å². The van der Waals surface area contributed by atoms with Crippen LogP contribution < -0.4 is 4.74 Å². The van der Waals surface area contributed by atoms with Crippen LogP contribution in [0.15, 0.2) is 60.0 Å². The molecule has 0 aliphatic rings. The van der Waals surface area contributed by atoms with E-state index in [4.69, 9.17) is 10.00 Å². The third-order valence-electron chi connectivity index (χ3n) is 3.71. The van der Waals surface area contributed by atoms with Crippen LogP contribution in [0.3, 0.4) is 0 Å². The van der Waals surface area contributed by atoms with Crippen LogP contribution in [0, 0.1) is 11.3 Å². The predicted molar refractivity (Wildman–Crippen MR) is 92.6 cm³/mol. The number of hydrogen-bond donors (Lipinski definition) is 0. The number of pyridine rings is 1. The zero-order valence-corrected chi connectivity index (χ0v) is 13.0. The summed E-state index contributed by atoms with van der Waals surface area (Å²) in [6.07, 6.45) is 0. The Balaban J connectivity index is 1.81. The topological polar surface area (TPSA) is 45.9 Å². The Morgan fingerprint density at radius 3 is 2.74 bits per heavy atom. The second-order valence-corrected chi connectivity index (χ2v) is 6.11. The smallest absolute Gasteiger partial charge is 0.223 e. The van der Waals surface area contributed by atoms with Gasteiger partial charge in [-0.3, -0.25) is 0 Å². The molecule has 0 fully saturated rings. The molecule has 0 radical (unpaired) electrons. The Kier molecular flexibility index (Phi) is 3.41. The molecule has 0 saturated carbocycles. The van der Waals surface area contributed by atoms with E-state index in [9.17, 15) is 0 Å². The lowest BCUT2D eigenvalue weighted by Crippen LogP contribution is -1.98. The maximum Gasteiger partial charge on any atom is 0.223 e. The Morgan fingerprint density at radius 2 is 1.91 bits per heavy atom. The van der Waals surface area contributed by atoms with E-state index in [2.05, 4.69) is 11.1 Å². The summed E-state index contributed by atoms with van der Waals surface area (Å²) < 4.78 is 7.10. The highest BCUT2D eigenvalue weighted by atomic mass is 32.1. The van der Waals surface area contributed by atoms with Crippen molar-refractivity contribution < 1.29 is 4.74 Å². The number of hydrogen-bond acceptors (Lipinski definition) is 4. The molecule has 0 unspecified atom stereocenters. The average Bonchev–Trinajstić information content (AvgIpc) is 3.10. The zero-order valence-electron chi connectivity index (χ0n) is 12.2. The van der Waals surface area contributed by atoms with Gasteiger partial charge < -0.3 is 4.74 Å². The lowest BCUT2D eigenvalue weighted by atomic mass is 10.1. The van der Waals surface area contributed by atoms with E-state index < -0.39 is 0 Å². The first-order valence-corrected chi connectivity index (χ1v) is 8.11. The minimum absolute atomic E-state index is 0.474. The van der Waals surface area contributed by atoms with Gasteiger partial charge in [-0.25, -0.2) is 4.98 Å². The molecule has 23 heavy (non-hydrogen) atoms. The molecule has 3 nitrogen and oxygen atoms in total. The number of ether oxygens (including phenoxy) is 1. The summed E-state index contributed by atoms with van der Waals surface area (Å²) >= 11 is 1.66. The Bertz CT molecular complexity index is 1030. The number of fused-ring (bicyclic) bond motifs is 3. The standard InChI is InChI=1S/C19H12N2OS/c20-11-14-6-7-15-17(10-14)21-19(16-8-9-23-18(15)16)22-12-13-4-2-1-3-5-13/h1-10H,12H2. The number of benzene rings is 2. The lowest BCUT2D eigenvalue weighted by molar-refractivity contribution is 0.299. The molecule has 2 aromatic heterocycles. The van der Waals surface area contributed by atoms with Crippen LogP contribution in [0.4, 0.5) is 0 Å². The second kappa shape index (κ2) is 5.71. The third kappa shape index (κ3) is 2.52. The highest BCUT2D eigenvalue weighted by Crippen LogP contribution is 2.35. The number of aromatic nitrogens is 1. The Labute approximate surface area is 137 Å². The van der Waals surface area contributed by atoms with Gasteiger partial charge in [0.05, 0.1) is 22.5 Å². The molecule has 0 N–H and O–H groups in total. The highest BCUT2D eigenvalue weighted by Gasteiger charge is 2.11. The van der Waals surface area contributed by atoms with Gasteiger partial charge in [0.15, 0.2) is 0 Å². The summed E-state index contributed by atoms with van der Waals surface area (Å²) in [6, 6.07) is 19.8. The van der Waals surface area contributed by atoms with E-state index in [1.165, 1.54) is 0 Å². The fourth-order valence-corrected chi connectivity index (χ4v) is 3.50. The molecule has 0 amide bonds. The molecule has 2 aromatic carbocycles. The third-order valence-corrected chi connectivity index (χ3v) is 4.66. The first-order chi connectivity index (χ1) is 11.3. The fourth-order valence-electron chi connectivity index (χ4n) is 2.58. The van der Waals surface area contributed by atoms with Gasteiger partial charge >= 0.3 is 0 Å². The van der Waals surface area contributed by atoms with Gasteiger partial charge in [0, 0.05) is 10.1 Å². The summed E-state index contributed by atoms with van der Waals surface area (Å²) in [5, 5.41) is 13.2. The molecule has 110 valence electrons. The quantitative estimate of drug-likeness (QED) is 0.540. The van der Waals surface area contributed by atoms with Crippen LogP contribution in [0.25, 0.3) is 21.0 Å². The van der Waals surface area contributed by atoms with Crippen molar-refractivity contribution in [1.29, 1.82) is 5.26 Å². The fraction of sp³-hybridized carbons (Fsp3) is 0.0526. The molecular weight excluding hydrogens is 304 g/mol. The molecule has 0 aliphatic carbocycles. The number of nitrogens with zero attached hydrogens (tertiary/aromatic N) is 2. The van der Waals surface area contributed by atoms with Crippen molar-refractivity contribution in [3.63, 3.8) is 0 Å². The summed E-state index contributed by atoms with van der Waals surface area (Å²) in [5.41, 5.74) is 2.50. The van der Waals surface area contributed by atoms with E-state index in [1.54, 1.807) is 11.3 Å². The van der Waals surface area contributed by atoms with Gasteiger partial charge in [0.2, 0.25) is 5.88 Å². The monoisotopic (exact) mass is 316 g/mol. The van der Waals surface area contributed by atoms with Crippen molar-refractivity contribution in [2.75, 3.05) is 0 Å². The molecule has 0 bridgehead atoms. The highest BCUT2D eigenvalue weighted by molar-refractivity contribution is 7.18. The number of thiophene rings is 1. The van der Waals surface area contributed by atoms with Crippen LogP contribution in [0.5, 0.6) is 5.88 Å². The van der Waals surface area contributed by atoms with Gasteiger partial charge in [-0.1, -0.05) is 36.4 Å². The van der Waals surface area contributed by atoms with Crippen LogP contribution in [-0.4, -0.2) is 4.98 Å². The van der Waals surface area contributed by atoms with E-state index in [-0.39, 0.29) is 0 Å². The normalized spacial score (nSPS) is 10.7. The molecular formula is C19H12N2OS. The van der Waals surface area contributed by atoms with Crippen molar-refractivity contribution in [3.05, 3.63) is 71.1 Å². The summed E-state index contributed by atoms with van der Waals surface area (Å²) in [7, 11) is 0. The van der Waals surface area contributed by atoms with Crippen LogP contribution >= 0.6 is 11.3 Å². The molecule has 0 atom stereocenters. The summed E-state index contributed by atoms with van der Waals surface area (Å²) in [5.74, 6) is 0.618. The molecule has 0 saturated heterocycles. The predicted octanol–water partition coefficient (Wildman–Crippen LogP) is 4.90. The number of rotatable bonds is 3. The minimum Gasteiger partial charge on any atom is -0.472 e. The van der Waals surface area contributed by atoms with Crippen molar-refractivity contribution in [1.82, 2.24) is 4.98 Å². The van der Waals surface area contributed by atoms with Crippen LogP contribution in [-0.2, 0) is 6.61 Å². The van der Waals surface area contributed by atoms with Gasteiger partial charge in [0.25, 0.3) is 0 Å². The number of nitriles is 1. The second-order valence-electron chi connectivity index (χ2n) is 5.20. The Morgan fingerprint density at radius 1 is 1.04 bits per heavy atom. The van der Waals surface area contributed by atoms with Gasteiger partial charge in [-0.15, -0.1) is 11.3 Å². The first-order valence-electron chi connectivity index (χ1n) is 7.23. The first kappa shape index (κ1) is 13.7. The van der Waals surface area contributed by atoms with Crippen LogP contribution in [0.1, 0.15) is 11.1 Å². The SMILES string of the molecule is N#Cc1ccc2c(c1)nc(OCc1ccccc1)c1ccsc12. The molecule has 0 spiro atoms. The molecule has 4 heteroatoms. The molecule has 0 aliphatic heterocycles.